The van der Waals surface area contributed by atoms with E-state index in [0.29, 0.717) is 11.2 Å². The summed E-state index contributed by atoms with van der Waals surface area (Å²) in [6, 6.07) is 0. The average molecular weight is 546 g/mol. The molecule has 0 radical (unpaired) electrons. The molecule has 2 aliphatic heterocycles. The molecule has 0 aromatic carbocycles. The van der Waals surface area contributed by atoms with E-state index >= 15 is 0 Å². The van der Waals surface area contributed by atoms with Crippen LogP contribution in [0, 0.1) is 0 Å². The average Bonchev–Trinajstić information content (AvgIpc) is 3.50. The Balaban J connectivity index is 0.000000479. The number of imidazole rings is 1. The van der Waals surface area contributed by atoms with Gasteiger partial charge < -0.3 is 29.6 Å². The highest BCUT2D eigenvalue weighted by molar-refractivity contribution is 7.85. The summed E-state index contributed by atoms with van der Waals surface area (Å²) in [7, 11) is -3.38. The van der Waals surface area contributed by atoms with Gasteiger partial charge in [-0.25, -0.2) is 19.7 Å². The summed E-state index contributed by atoms with van der Waals surface area (Å²) in [4.78, 5) is 25.8. The number of fused-ring (bicyclic) bond motifs is 2. The van der Waals surface area contributed by atoms with Crippen molar-refractivity contribution >= 4 is 33.4 Å². The van der Waals surface area contributed by atoms with Gasteiger partial charge in [0.25, 0.3) is 0 Å². The van der Waals surface area contributed by atoms with Crippen LogP contribution in [0.5, 0.6) is 0 Å². The summed E-state index contributed by atoms with van der Waals surface area (Å²) in [6.45, 7) is 13.1. The van der Waals surface area contributed by atoms with Crippen LogP contribution in [-0.2, 0) is 33.4 Å². The molecule has 0 aliphatic carbocycles. The maximum absolute atomic E-state index is 11.9. The number of anilines is 1. The molecule has 1 amide bonds. The van der Waals surface area contributed by atoms with Crippen LogP contribution in [0.3, 0.4) is 0 Å². The van der Waals surface area contributed by atoms with Crippen LogP contribution in [-0.4, -0.2) is 96.4 Å². The molecule has 4 heterocycles. The molecule has 2 aromatic heterocycles. The number of methoxy groups -OCH3 is 1. The van der Waals surface area contributed by atoms with E-state index in [1.165, 1.54) is 32.3 Å². The van der Waals surface area contributed by atoms with Crippen molar-refractivity contribution in [1.29, 1.82) is 0 Å². The third-order valence-electron chi connectivity index (χ3n) is 5.91. The molecule has 0 unspecified atom stereocenters. The summed E-state index contributed by atoms with van der Waals surface area (Å²) in [5, 5.41) is 0. The molecule has 2 aliphatic rings. The number of nitrogen functional groups attached to an aromatic ring is 1. The molecular formula is C21H35N7O8S. The Bertz CT molecular complexity index is 1170. The van der Waals surface area contributed by atoms with Gasteiger partial charge in [-0.2, -0.15) is 13.1 Å². The summed E-state index contributed by atoms with van der Waals surface area (Å²) < 4.78 is 53.9. The predicted octanol–water partition coefficient (Wildman–Crippen LogP) is 0.792. The van der Waals surface area contributed by atoms with Crippen LogP contribution in [0.2, 0.25) is 0 Å². The molecule has 4 atom stereocenters. The van der Waals surface area contributed by atoms with E-state index in [1.54, 1.807) is 23.1 Å². The smallest absolute Gasteiger partial charge is 0.422 e. The van der Waals surface area contributed by atoms with Gasteiger partial charge in [0.15, 0.2) is 23.5 Å². The highest BCUT2D eigenvalue weighted by Crippen LogP contribution is 2.43. The normalized spacial score (nSPS) is 24.5. The second kappa shape index (κ2) is 11.8. The SMILES string of the molecule is CCN(CC)CC.COC(=O)NS(=O)(=O)OC[C@H]1O[C@@H](n2cnc3c(N)ncnc32)[C@@H]2OC(C)(C)O[C@@H]21. The third-order valence-corrected chi connectivity index (χ3v) is 6.77. The minimum absolute atomic E-state index is 0.206. The van der Waals surface area contributed by atoms with E-state index in [0.717, 1.165) is 7.11 Å². The molecule has 0 saturated carbocycles. The molecule has 37 heavy (non-hydrogen) atoms. The Kier molecular flexibility index (Phi) is 9.25. The summed E-state index contributed by atoms with van der Waals surface area (Å²) in [6.07, 6.45) is -1.27. The first-order valence-electron chi connectivity index (χ1n) is 11.9. The number of nitrogens with two attached hydrogens (primary N) is 1. The van der Waals surface area contributed by atoms with Crippen molar-refractivity contribution in [2.45, 2.75) is 64.9 Å². The lowest BCUT2D eigenvalue weighted by molar-refractivity contribution is -0.198. The van der Waals surface area contributed by atoms with Crippen molar-refractivity contribution in [3.63, 3.8) is 0 Å². The fourth-order valence-corrected chi connectivity index (χ4v) is 4.73. The van der Waals surface area contributed by atoms with Gasteiger partial charge >= 0.3 is 16.4 Å². The van der Waals surface area contributed by atoms with Crippen molar-refractivity contribution in [1.82, 2.24) is 29.1 Å². The van der Waals surface area contributed by atoms with Crippen LogP contribution in [0.15, 0.2) is 12.7 Å². The Morgan fingerprint density at radius 1 is 1.16 bits per heavy atom. The second-order valence-corrected chi connectivity index (χ2v) is 10.0. The summed E-state index contributed by atoms with van der Waals surface area (Å²) in [5.74, 6) is -0.736. The maximum Gasteiger partial charge on any atom is 0.422 e. The van der Waals surface area contributed by atoms with Gasteiger partial charge in [0.1, 0.15) is 30.2 Å². The number of amides is 1. The summed E-state index contributed by atoms with van der Waals surface area (Å²) >= 11 is 0. The lowest BCUT2D eigenvalue weighted by Crippen LogP contribution is -2.37. The van der Waals surface area contributed by atoms with Gasteiger partial charge in [0.05, 0.1) is 20.0 Å². The van der Waals surface area contributed by atoms with Crippen LogP contribution in [0.1, 0.15) is 40.8 Å². The zero-order valence-corrected chi connectivity index (χ0v) is 22.6. The van der Waals surface area contributed by atoms with Crippen LogP contribution in [0.25, 0.3) is 11.2 Å². The molecule has 0 bridgehead atoms. The fourth-order valence-electron chi connectivity index (χ4n) is 4.07. The Hall–Kier alpha value is -2.63. The first-order chi connectivity index (χ1) is 17.4. The number of ether oxygens (including phenoxy) is 4. The topological polar surface area (TPSA) is 182 Å². The fraction of sp³-hybridized carbons (Fsp3) is 0.714. The lowest BCUT2D eigenvalue weighted by Gasteiger charge is -2.24. The van der Waals surface area contributed by atoms with E-state index in [1.807, 2.05) is 0 Å². The number of carbonyl (C=O) groups is 1. The van der Waals surface area contributed by atoms with Crippen LogP contribution >= 0.6 is 0 Å². The van der Waals surface area contributed by atoms with Crippen molar-refractivity contribution in [3.05, 3.63) is 12.7 Å². The van der Waals surface area contributed by atoms with E-state index in [2.05, 4.69) is 45.4 Å². The third kappa shape index (κ3) is 6.82. The van der Waals surface area contributed by atoms with E-state index in [-0.39, 0.29) is 5.82 Å². The molecule has 15 nitrogen and oxygen atoms in total. The number of carbonyl (C=O) groups excluding carboxylic acids is 1. The zero-order valence-electron chi connectivity index (χ0n) is 21.8. The van der Waals surface area contributed by atoms with Crippen LogP contribution in [0.4, 0.5) is 10.6 Å². The lowest BCUT2D eigenvalue weighted by atomic mass is 10.1. The molecule has 16 heteroatoms. The molecule has 4 rings (SSSR count). The van der Waals surface area contributed by atoms with E-state index in [4.69, 9.17) is 24.1 Å². The Morgan fingerprint density at radius 3 is 2.41 bits per heavy atom. The molecule has 0 spiro atoms. The summed E-state index contributed by atoms with van der Waals surface area (Å²) in [5.41, 5.74) is 6.64. The minimum Gasteiger partial charge on any atom is -0.452 e. The first kappa shape index (κ1) is 28.9. The first-order valence-corrected chi connectivity index (χ1v) is 13.3. The van der Waals surface area contributed by atoms with E-state index in [9.17, 15) is 13.2 Å². The van der Waals surface area contributed by atoms with Gasteiger partial charge in [0.2, 0.25) is 0 Å². The number of nitrogens with one attached hydrogen (secondary N) is 1. The molecule has 3 N–H and O–H groups in total. The number of aromatic nitrogens is 4. The molecule has 208 valence electrons. The largest absolute Gasteiger partial charge is 0.452 e. The zero-order chi connectivity index (χ0) is 27.4. The quantitative estimate of drug-likeness (QED) is 0.475. The van der Waals surface area contributed by atoms with Crippen LogP contribution < -0.4 is 10.5 Å². The Labute approximate surface area is 215 Å². The number of hydrogen-bond acceptors (Lipinski definition) is 13. The maximum atomic E-state index is 11.9. The van der Waals surface area contributed by atoms with Gasteiger partial charge in [-0.05, 0) is 33.5 Å². The molecular weight excluding hydrogens is 510 g/mol. The monoisotopic (exact) mass is 545 g/mol. The van der Waals surface area contributed by atoms with Gasteiger partial charge in [-0.1, -0.05) is 20.8 Å². The second-order valence-electron chi connectivity index (χ2n) is 8.66. The Morgan fingerprint density at radius 2 is 1.81 bits per heavy atom. The van der Waals surface area contributed by atoms with Crippen molar-refractivity contribution < 1.29 is 36.3 Å². The van der Waals surface area contributed by atoms with Crippen molar-refractivity contribution in [2.24, 2.45) is 0 Å². The number of hydrogen-bond donors (Lipinski definition) is 2. The predicted molar refractivity (Wildman–Crippen MR) is 131 cm³/mol. The molecule has 2 saturated heterocycles. The van der Waals surface area contributed by atoms with Gasteiger partial charge in [-0.3, -0.25) is 8.75 Å². The molecule has 2 fully saturated rings. The van der Waals surface area contributed by atoms with Crippen molar-refractivity contribution in [3.8, 4) is 0 Å². The highest BCUT2D eigenvalue weighted by Gasteiger charge is 2.56. The van der Waals surface area contributed by atoms with Crippen molar-refractivity contribution in [2.75, 3.05) is 39.1 Å². The van der Waals surface area contributed by atoms with Gasteiger partial charge in [0, 0.05) is 0 Å². The standard InChI is InChI=1S/C15H20N6O8S.C6H15N/c1-15(2)28-9-7(4-26-30(23,24)20-14(22)25-3)27-13(10(9)29-15)21-6-19-8-11(16)17-5-18-12(8)21;1-4-7(5-2)6-3/h5-7,9-10,13H,4H2,1-3H3,(H,20,22)(H2,16,17,18);4-6H2,1-3H3/t7-,9-,10-,13-;/m1./s1. The highest BCUT2D eigenvalue weighted by atomic mass is 32.2. The van der Waals surface area contributed by atoms with Gasteiger partial charge in [-0.15, -0.1) is 0 Å². The minimum atomic E-state index is -4.41. The number of rotatable bonds is 8. The molecule has 2 aromatic rings. The number of nitrogens with zero attached hydrogens (tertiary/aromatic N) is 5. The van der Waals surface area contributed by atoms with E-state index < -0.39 is 53.3 Å².